The minimum atomic E-state index is -4.41. The van der Waals surface area contributed by atoms with Crippen molar-refractivity contribution in [3.63, 3.8) is 0 Å². The van der Waals surface area contributed by atoms with Crippen LogP contribution in [0.15, 0.2) is 71.8 Å². The zero-order chi connectivity index (χ0) is 24.6. The van der Waals surface area contributed by atoms with Gasteiger partial charge in [-0.3, -0.25) is 0 Å². The zero-order valence-corrected chi connectivity index (χ0v) is 19.7. The van der Waals surface area contributed by atoms with Crippen LogP contribution in [0.4, 0.5) is 18.0 Å². The number of rotatable bonds is 6. The van der Waals surface area contributed by atoms with Crippen LogP contribution in [0, 0.1) is 6.92 Å². The molecule has 0 radical (unpaired) electrons. The molecule has 8 heteroatoms. The molecule has 1 aromatic heterocycles. The van der Waals surface area contributed by atoms with Crippen LogP contribution < -0.4 is 5.32 Å². The summed E-state index contributed by atoms with van der Waals surface area (Å²) in [6.07, 6.45) is -0.348. The molecule has 1 heterocycles. The van der Waals surface area contributed by atoms with Gasteiger partial charge in [0.15, 0.2) is 0 Å². The molecule has 1 aliphatic rings. The van der Waals surface area contributed by atoms with E-state index in [1.807, 2.05) is 55.5 Å². The molecular weight excluding hydrogens is 473 g/mol. The summed E-state index contributed by atoms with van der Waals surface area (Å²) in [6, 6.07) is 21.6. The SMILES string of the molecule is Cc1ccc2[nH]c(SC(F)(F)F)c(CCNC(=O)OCC3c4ccccc4-c4ccccc43)c2c1. The second kappa shape index (κ2) is 9.34. The van der Waals surface area contributed by atoms with Crippen LogP contribution in [0.25, 0.3) is 22.0 Å². The number of hydrogen-bond acceptors (Lipinski definition) is 3. The van der Waals surface area contributed by atoms with E-state index in [0.717, 1.165) is 33.2 Å². The van der Waals surface area contributed by atoms with Gasteiger partial charge < -0.3 is 15.0 Å². The molecule has 0 unspecified atom stereocenters. The standard InChI is InChI=1S/C27H23F3N2O2S/c1-16-10-11-24-22(14-16)21(25(32-24)35-27(28,29)30)12-13-31-26(33)34-15-23-19-8-4-2-6-17(19)18-7-3-5-9-20(18)23/h2-11,14,23,32H,12-13,15H2,1H3,(H,31,33). The number of halogens is 3. The average molecular weight is 497 g/mol. The van der Waals surface area contributed by atoms with Crippen molar-refractivity contribution < 1.29 is 22.7 Å². The number of hydrogen-bond donors (Lipinski definition) is 2. The van der Waals surface area contributed by atoms with Crippen molar-refractivity contribution in [1.82, 2.24) is 10.3 Å². The maximum Gasteiger partial charge on any atom is 0.447 e. The monoisotopic (exact) mass is 496 g/mol. The van der Waals surface area contributed by atoms with Crippen molar-refractivity contribution in [3.05, 3.63) is 89.0 Å². The fourth-order valence-corrected chi connectivity index (χ4v) is 5.45. The van der Waals surface area contributed by atoms with Gasteiger partial charge in [-0.1, -0.05) is 60.2 Å². The molecule has 0 spiro atoms. The molecule has 0 saturated carbocycles. The summed E-state index contributed by atoms with van der Waals surface area (Å²) in [7, 11) is 0. The van der Waals surface area contributed by atoms with Gasteiger partial charge >= 0.3 is 11.6 Å². The van der Waals surface area contributed by atoms with Gasteiger partial charge in [0.1, 0.15) is 6.61 Å². The molecule has 0 saturated heterocycles. The smallest absolute Gasteiger partial charge is 0.447 e. The van der Waals surface area contributed by atoms with Gasteiger partial charge in [0.25, 0.3) is 0 Å². The highest BCUT2D eigenvalue weighted by Gasteiger charge is 2.32. The van der Waals surface area contributed by atoms with Crippen LogP contribution in [-0.2, 0) is 11.2 Å². The predicted octanol–water partition coefficient (Wildman–Crippen LogP) is 7.17. The van der Waals surface area contributed by atoms with Crippen LogP contribution >= 0.6 is 11.8 Å². The first-order chi connectivity index (χ1) is 16.8. The van der Waals surface area contributed by atoms with E-state index in [0.29, 0.717) is 11.1 Å². The number of alkyl carbamates (subject to hydrolysis) is 1. The van der Waals surface area contributed by atoms with Crippen LogP contribution in [0.3, 0.4) is 0 Å². The largest absolute Gasteiger partial charge is 0.449 e. The molecule has 180 valence electrons. The van der Waals surface area contributed by atoms with E-state index in [1.165, 1.54) is 0 Å². The van der Waals surface area contributed by atoms with E-state index in [1.54, 1.807) is 6.07 Å². The van der Waals surface area contributed by atoms with Crippen LogP contribution in [-0.4, -0.2) is 29.7 Å². The Hall–Kier alpha value is -3.39. The number of fused-ring (bicyclic) bond motifs is 4. The van der Waals surface area contributed by atoms with Gasteiger partial charge in [-0.2, -0.15) is 13.2 Å². The second-order valence-corrected chi connectivity index (χ2v) is 9.61. The summed E-state index contributed by atoms with van der Waals surface area (Å²) in [5, 5.41) is 3.47. The molecule has 5 rings (SSSR count). The molecule has 1 aliphatic carbocycles. The number of carbonyl (C=O) groups is 1. The van der Waals surface area contributed by atoms with Gasteiger partial charge in [0, 0.05) is 35.1 Å². The number of amides is 1. The van der Waals surface area contributed by atoms with E-state index in [4.69, 9.17) is 4.74 Å². The number of alkyl halides is 3. The summed E-state index contributed by atoms with van der Waals surface area (Å²) in [4.78, 5) is 15.3. The Morgan fingerprint density at radius 1 is 1.03 bits per heavy atom. The molecule has 0 fully saturated rings. The number of aryl methyl sites for hydroxylation is 1. The van der Waals surface area contributed by atoms with Gasteiger partial charge in [-0.05, 0) is 53.3 Å². The Morgan fingerprint density at radius 3 is 2.34 bits per heavy atom. The summed E-state index contributed by atoms with van der Waals surface area (Å²) >= 11 is -0.168. The third-order valence-corrected chi connectivity index (χ3v) is 7.01. The number of aromatic amines is 1. The quantitative estimate of drug-likeness (QED) is 0.278. The third kappa shape index (κ3) is 4.89. The number of nitrogens with one attached hydrogen (secondary N) is 2. The van der Waals surface area contributed by atoms with E-state index >= 15 is 0 Å². The number of benzene rings is 3. The Balaban J connectivity index is 1.24. The van der Waals surface area contributed by atoms with Crippen molar-refractivity contribution in [3.8, 4) is 11.1 Å². The van der Waals surface area contributed by atoms with E-state index in [-0.39, 0.29) is 42.3 Å². The number of ether oxygens (including phenoxy) is 1. The maximum absolute atomic E-state index is 13.1. The predicted molar refractivity (Wildman–Crippen MR) is 132 cm³/mol. The van der Waals surface area contributed by atoms with Gasteiger partial charge in [-0.25, -0.2) is 4.79 Å². The van der Waals surface area contributed by atoms with E-state index < -0.39 is 11.6 Å². The molecule has 3 aromatic carbocycles. The topological polar surface area (TPSA) is 54.1 Å². The first-order valence-electron chi connectivity index (χ1n) is 11.3. The molecular formula is C27H23F3N2O2S. The highest BCUT2D eigenvalue weighted by molar-refractivity contribution is 8.00. The Morgan fingerprint density at radius 2 is 1.69 bits per heavy atom. The lowest BCUT2D eigenvalue weighted by Gasteiger charge is -2.14. The molecule has 0 aliphatic heterocycles. The van der Waals surface area contributed by atoms with Crippen LogP contribution in [0.1, 0.15) is 28.2 Å². The average Bonchev–Trinajstić information content (AvgIpc) is 3.31. The fraction of sp³-hybridized carbons (Fsp3) is 0.222. The van der Waals surface area contributed by atoms with Crippen molar-refractivity contribution in [2.75, 3.05) is 13.2 Å². The van der Waals surface area contributed by atoms with Gasteiger partial charge in [0.2, 0.25) is 0 Å². The highest BCUT2D eigenvalue weighted by Crippen LogP contribution is 2.44. The normalized spacial score (nSPS) is 13.0. The first-order valence-corrected chi connectivity index (χ1v) is 12.1. The van der Waals surface area contributed by atoms with Crippen molar-refractivity contribution in [2.24, 2.45) is 0 Å². The molecule has 35 heavy (non-hydrogen) atoms. The molecule has 2 N–H and O–H groups in total. The number of carbonyl (C=O) groups excluding carboxylic acids is 1. The fourth-order valence-electron chi connectivity index (χ4n) is 4.73. The van der Waals surface area contributed by atoms with Crippen molar-refractivity contribution in [2.45, 2.75) is 29.8 Å². The Kier molecular flexibility index (Phi) is 6.23. The number of thioether (sulfide) groups is 1. The van der Waals surface area contributed by atoms with Crippen molar-refractivity contribution in [1.29, 1.82) is 0 Å². The minimum absolute atomic E-state index is 0.0486. The zero-order valence-electron chi connectivity index (χ0n) is 18.9. The number of aromatic nitrogens is 1. The lowest BCUT2D eigenvalue weighted by Crippen LogP contribution is -2.28. The van der Waals surface area contributed by atoms with Crippen molar-refractivity contribution >= 4 is 28.8 Å². The molecule has 0 atom stereocenters. The molecule has 4 aromatic rings. The molecule has 0 bridgehead atoms. The van der Waals surface area contributed by atoms with E-state index in [2.05, 4.69) is 22.4 Å². The lowest BCUT2D eigenvalue weighted by atomic mass is 9.98. The van der Waals surface area contributed by atoms with Gasteiger partial charge in [-0.15, -0.1) is 0 Å². The summed E-state index contributed by atoms with van der Waals surface area (Å²) in [5.41, 5.74) is 2.22. The summed E-state index contributed by atoms with van der Waals surface area (Å²) in [5.74, 6) is -0.0560. The highest BCUT2D eigenvalue weighted by atomic mass is 32.2. The van der Waals surface area contributed by atoms with Crippen LogP contribution in [0.2, 0.25) is 0 Å². The van der Waals surface area contributed by atoms with E-state index in [9.17, 15) is 18.0 Å². The third-order valence-electron chi connectivity index (χ3n) is 6.23. The maximum atomic E-state index is 13.1. The Bertz CT molecular complexity index is 1350. The number of H-pyrrole nitrogens is 1. The van der Waals surface area contributed by atoms with Crippen LogP contribution in [0.5, 0.6) is 0 Å². The summed E-state index contributed by atoms with van der Waals surface area (Å²) < 4.78 is 44.8. The first kappa shape index (κ1) is 23.4. The second-order valence-electron chi connectivity index (χ2n) is 8.53. The lowest BCUT2D eigenvalue weighted by molar-refractivity contribution is -0.0329. The molecule has 4 nitrogen and oxygen atoms in total. The molecule has 1 amide bonds. The summed E-state index contributed by atoms with van der Waals surface area (Å²) in [6.45, 7) is 2.23. The van der Waals surface area contributed by atoms with Gasteiger partial charge in [0.05, 0.1) is 5.03 Å². The minimum Gasteiger partial charge on any atom is -0.449 e. The Labute approximate surface area is 204 Å².